The third-order valence-corrected chi connectivity index (χ3v) is 4.48. The van der Waals surface area contributed by atoms with E-state index in [0.29, 0.717) is 5.88 Å². The molecule has 0 N–H and O–H groups in total. The molecule has 0 radical (unpaired) electrons. The zero-order chi connectivity index (χ0) is 11.8. The van der Waals surface area contributed by atoms with Gasteiger partial charge in [0, 0.05) is 10.1 Å². The predicted molar refractivity (Wildman–Crippen MR) is 79.3 cm³/mol. The smallest absolute Gasteiger partial charge is 0.124 e. The summed E-state index contributed by atoms with van der Waals surface area (Å²) in [6.07, 6.45) is 4.09. The maximum Gasteiger partial charge on any atom is 0.124 e. The summed E-state index contributed by atoms with van der Waals surface area (Å²) in [6, 6.07) is 6.43. The fraction of sp³-hybridized carbons (Fsp3) is 0.462. The van der Waals surface area contributed by atoms with Crippen LogP contribution in [0.5, 0.6) is 0 Å². The number of hydrogen-bond acceptors (Lipinski definition) is 1. The van der Waals surface area contributed by atoms with Crippen molar-refractivity contribution in [2.45, 2.75) is 31.7 Å². The molecule has 90 valence electrons. The van der Waals surface area contributed by atoms with E-state index in [1.165, 1.54) is 28.3 Å². The Bertz CT molecular complexity index is 546. The summed E-state index contributed by atoms with van der Waals surface area (Å²) in [5, 5.41) is 0. The molecule has 1 aromatic heterocycles. The minimum atomic E-state index is 0.498. The van der Waals surface area contributed by atoms with Gasteiger partial charge in [0.1, 0.15) is 5.82 Å². The van der Waals surface area contributed by atoms with Crippen molar-refractivity contribution in [1.82, 2.24) is 9.55 Å². The van der Waals surface area contributed by atoms with Crippen molar-refractivity contribution in [2.75, 3.05) is 0 Å². The molecular weight excluding hydrogens is 347 g/mol. The van der Waals surface area contributed by atoms with E-state index in [2.05, 4.69) is 50.3 Å². The summed E-state index contributed by atoms with van der Waals surface area (Å²) in [6.45, 7) is 1.08. The number of nitrogens with zero attached hydrogens (tertiary/aromatic N) is 2. The molecule has 1 aromatic carbocycles. The number of fused-ring (bicyclic) bond motifs is 1. The monoisotopic (exact) mass is 360 g/mol. The fourth-order valence-corrected chi connectivity index (χ4v) is 3.07. The van der Waals surface area contributed by atoms with Gasteiger partial charge in [-0.15, -0.1) is 11.6 Å². The summed E-state index contributed by atoms with van der Waals surface area (Å²) in [5.74, 6) is 2.34. The Morgan fingerprint density at radius 2 is 2.24 bits per heavy atom. The van der Waals surface area contributed by atoms with Crippen LogP contribution in [-0.4, -0.2) is 9.55 Å². The van der Waals surface area contributed by atoms with E-state index in [-0.39, 0.29) is 0 Å². The number of imidazole rings is 1. The first-order valence-corrected chi connectivity index (χ1v) is 7.60. The number of halogens is 2. The van der Waals surface area contributed by atoms with E-state index in [9.17, 15) is 0 Å². The molecule has 1 fully saturated rings. The number of benzene rings is 1. The summed E-state index contributed by atoms with van der Waals surface area (Å²) < 4.78 is 3.53. The molecule has 17 heavy (non-hydrogen) atoms. The minimum Gasteiger partial charge on any atom is -0.327 e. The van der Waals surface area contributed by atoms with Crippen LogP contribution in [0.25, 0.3) is 11.0 Å². The van der Waals surface area contributed by atoms with Gasteiger partial charge in [-0.05, 0) is 59.5 Å². The van der Waals surface area contributed by atoms with Gasteiger partial charge >= 0.3 is 0 Å². The molecule has 2 nitrogen and oxygen atoms in total. The first-order chi connectivity index (χ1) is 8.28. The van der Waals surface area contributed by atoms with E-state index in [1.807, 2.05) is 0 Å². The molecule has 1 aliphatic rings. The van der Waals surface area contributed by atoms with Gasteiger partial charge in [-0.3, -0.25) is 0 Å². The standard InChI is InChI=1S/C13H14ClIN2/c14-7-13-16-11-6-10(15)4-5-12(11)17(13)8-9-2-1-3-9/h4-6,9H,1-3,7-8H2. The van der Waals surface area contributed by atoms with Gasteiger partial charge in [0.05, 0.1) is 16.9 Å². The first-order valence-electron chi connectivity index (χ1n) is 5.98. The Balaban J connectivity index is 2.05. The van der Waals surface area contributed by atoms with Gasteiger partial charge in [-0.1, -0.05) is 6.42 Å². The second-order valence-electron chi connectivity index (χ2n) is 4.70. The van der Waals surface area contributed by atoms with Crippen molar-refractivity contribution in [1.29, 1.82) is 0 Å². The summed E-state index contributed by atoms with van der Waals surface area (Å²) in [5.41, 5.74) is 2.31. The SMILES string of the molecule is ClCc1nc2cc(I)ccc2n1CC1CCC1. The molecule has 0 saturated heterocycles. The first kappa shape index (κ1) is 11.8. The molecule has 3 rings (SSSR count). The molecule has 0 bridgehead atoms. The van der Waals surface area contributed by atoms with E-state index in [0.717, 1.165) is 23.8 Å². The van der Waals surface area contributed by atoms with Crippen LogP contribution in [-0.2, 0) is 12.4 Å². The zero-order valence-electron chi connectivity index (χ0n) is 9.50. The van der Waals surface area contributed by atoms with Gasteiger partial charge in [0.2, 0.25) is 0 Å². The highest BCUT2D eigenvalue weighted by atomic mass is 127. The van der Waals surface area contributed by atoms with Gasteiger partial charge in [-0.2, -0.15) is 0 Å². The predicted octanol–water partition coefficient (Wildman–Crippen LogP) is 4.18. The van der Waals surface area contributed by atoms with Gasteiger partial charge < -0.3 is 4.57 Å². The highest BCUT2D eigenvalue weighted by Crippen LogP contribution is 2.30. The Kier molecular flexibility index (Phi) is 3.30. The average molecular weight is 361 g/mol. The molecule has 1 aliphatic carbocycles. The van der Waals surface area contributed by atoms with Crippen molar-refractivity contribution in [3.8, 4) is 0 Å². The zero-order valence-corrected chi connectivity index (χ0v) is 12.4. The number of hydrogen-bond donors (Lipinski definition) is 0. The number of rotatable bonds is 3. The molecule has 1 heterocycles. The molecule has 0 spiro atoms. The molecule has 0 unspecified atom stereocenters. The van der Waals surface area contributed by atoms with Crippen LogP contribution in [0.2, 0.25) is 0 Å². The van der Waals surface area contributed by atoms with E-state index >= 15 is 0 Å². The van der Waals surface area contributed by atoms with E-state index in [4.69, 9.17) is 11.6 Å². The minimum absolute atomic E-state index is 0.498. The lowest BCUT2D eigenvalue weighted by atomic mass is 9.85. The molecule has 0 amide bonds. The molecule has 2 aromatic rings. The average Bonchev–Trinajstić information content (AvgIpc) is 2.60. The summed E-state index contributed by atoms with van der Waals surface area (Å²) >= 11 is 8.33. The molecule has 0 aliphatic heterocycles. The Morgan fingerprint density at radius 1 is 1.41 bits per heavy atom. The highest BCUT2D eigenvalue weighted by Gasteiger charge is 2.20. The summed E-state index contributed by atoms with van der Waals surface area (Å²) in [4.78, 5) is 4.63. The maximum atomic E-state index is 6.00. The van der Waals surface area contributed by atoms with E-state index in [1.54, 1.807) is 0 Å². The maximum absolute atomic E-state index is 6.00. The lowest BCUT2D eigenvalue weighted by molar-refractivity contribution is 0.277. The molecule has 4 heteroatoms. The number of alkyl halides is 1. The van der Waals surface area contributed by atoms with Gasteiger partial charge in [-0.25, -0.2) is 4.98 Å². The normalized spacial score (nSPS) is 16.4. The van der Waals surface area contributed by atoms with Gasteiger partial charge in [0.25, 0.3) is 0 Å². The second kappa shape index (κ2) is 4.76. The molecule has 0 atom stereocenters. The van der Waals surface area contributed by atoms with Crippen LogP contribution in [0.3, 0.4) is 0 Å². The Labute approximate surface area is 120 Å². The van der Waals surface area contributed by atoms with Crippen molar-refractivity contribution in [3.05, 3.63) is 27.6 Å². The largest absolute Gasteiger partial charge is 0.327 e. The van der Waals surface area contributed by atoms with Crippen LogP contribution in [0, 0.1) is 9.49 Å². The highest BCUT2D eigenvalue weighted by molar-refractivity contribution is 14.1. The van der Waals surface area contributed by atoms with Crippen LogP contribution in [0.1, 0.15) is 25.1 Å². The third kappa shape index (κ3) is 2.19. The third-order valence-electron chi connectivity index (χ3n) is 3.57. The van der Waals surface area contributed by atoms with E-state index < -0.39 is 0 Å². The quantitative estimate of drug-likeness (QED) is 0.593. The van der Waals surface area contributed by atoms with Crippen molar-refractivity contribution in [2.24, 2.45) is 5.92 Å². The number of aromatic nitrogens is 2. The van der Waals surface area contributed by atoms with Crippen LogP contribution in [0.15, 0.2) is 18.2 Å². The van der Waals surface area contributed by atoms with Crippen molar-refractivity contribution < 1.29 is 0 Å². The topological polar surface area (TPSA) is 17.8 Å². The molecule has 1 saturated carbocycles. The van der Waals surface area contributed by atoms with Crippen LogP contribution in [0.4, 0.5) is 0 Å². The Hall–Kier alpha value is -0.290. The lowest BCUT2D eigenvalue weighted by Crippen LogP contribution is -2.19. The van der Waals surface area contributed by atoms with Crippen LogP contribution < -0.4 is 0 Å². The van der Waals surface area contributed by atoms with Crippen molar-refractivity contribution in [3.63, 3.8) is 0 Å². The Morgan fingerprint density at radius 3 is 2.88 bits per heavy atom. The summed E-state index contributed by atoms with van der Waals surface area (Å²) in [7, 11) is 0. The second-order valence-corrected chi connectivity index (χ2v) is 6.22. The van der Waals surface area contributed by atoms with Gasteiger partial charge in [0.15, 0.2) is 0 Å². The fourth-order valence-electron chi connectivity index (χ4n) is 2.39. The lowest BCUT2D eigenvalue weighted by Gasteiger charge is -2.26. The van der Waals surface area contributed by atoms with Crippen molar-refractivity contribution >= 4 is 45.2 Å². The van der Waals surface area contributed by atoms with Crippen LogP contribution >= 0.6 is 34.2 Å². The molecular formula is C13H14ClIN2.